The number of nitrogens with zero attached hydrogens (tertiary/aromatic N) is 8. The van der Waals surface area contributed by atoms with Gasteiger partial charge in [0, 0.05) is 145 Å². The standard InChI is InChI=1S/C27H31N2O.C24H27N2O.C23H25N2O.C22H23N2O/c1-17(2)20-14-15-29(4)24(16-20)25-18(3)10-11-21-22-12-13-23(19-8-6-5-7-9-19)28-27(22)30-26(21)25;1-14(2)17-11-12-26(6)21(13-17)22-16(5)7-8-18-19-9-10-20(15(3)4)25-24(19)27-23(18)22;1-6-17-8-10-19-18-9-7-15(4)21(22(18)26-23(19)24-17)20-13-16(14(2)3)11-12-25(20)5;1-13(2)16-10-11-24(5)19(12-16)20-14(3)6-8-17-18-9-7-15(4)23-22(18)25-21(17)20/h10-17,19H,5-9H2,1-4H3;7-15H,1-6H3;7-14H,6H2,1-5H3;6-13H,1-5H3/q4*+1/i8D2,9D2,19D;1D3,14D,15D;2D3,14D;1D3,13D. The van der Waals surface area contributed by atoms with Gasteiger partial charge in [0.2, 0.25) is 45.6 Å². The molecule has 17 rings (SSSR count). The number of aryl methyl sites for hydroxylation is 10. The Bertz CT molecular complexity index is 6970. The molecule has 1 fully saturated rings. The van der Waals surface area contributed by atoms with Gasteiger partial charge in [0.25, 0.3) is 0 Å². The van der Waals surface area contributed by atoms with E-state index in [9.17, 15) is 0 Å². The second-order valence-corrected chi connectivity index (χ2v) is 29.2. The molecule has 12 aromatic heterocycles. The number of rotatable bonds is 11. The normalized spacial score (nSPS) is 18.6. The fourth-order valence-corrected chi connectivity index (χ4v) is 14.4. The summed E-state index contributed by atoms with van der Waals surface area (Å²) in [4.78, 5) is 18.3. The van der Waals surface area contributed by atoms with Crippen LogP contribution in [0.2, 0.25) is 0 Å². The smallest absolute Gasteiger partial charge is 0.227 e. The molecule has 0 bridgehead atoms. The Morgan fingerprint density at radius 1 is 0.398 bits per heavy atom. The average Bonchev–Trinajstić information content (AvgIpc) is 1.12. The van der Waals surface area contributed by atoms with Crippen molar-refractivity contribution >= 4 is 88.3 Å². The summed E-state index contributed by atoms with van der Waals surface area (Å²) >= 11 is 0. The highest BCUT2D eigenvalue weighted by atomic mass is 16.4. The fraction of sp³-hybridized carbons (Fsp3) is 0.333. The van der Waals surface area contributed by atoms with Gasteiger partial charge in [0.1, 0.15) is 28.2 Å². The van der Waals surface area contributed by atoms with Crippen molar-refractivity contribution in [3.8, 4) is 45.0 Å². The van der Waals surface area contributed by atoms with E-state index in [-0.39, 0.29) is 18.5 Å². The fourth-order valence-electron chi connectivity index (χ4n) is 14.4. The van der Waals surface area contributed by atoms with Crippen molar-refractivity contribution in [1.82, 2.24) is 19.9 Å². The Hall–Kier alpha value is -10.7. The lowest BCUT2D eigenvalue weighted by molar-refractivity contribution is -0.660. The van der Waals surface area contributed by atoms with Crippen LogP contribution in [-0.4, -0.2) is 19.9 Å². The molecule has 1 aliphatic rings. The third-order valence-electron chi connectivity index (χ3n) is 20.8. The van der Waals surface area contributed by atoms with Gasteiger partial charge in [-0.2, -0.15) is 0 Å². The lowest BCUT2D eigenvalue weighted by Gasteiger charge is -2.20. The van der Waals surface area contributed by atoms with Crippen molar-refractivity contribution in [1.29, 1.82) is 0 Å². The molecule has 3 unspecified atom stereocenters. The van der Waals surface area contributed by atoms with Gasteiger partial charge in [-0.3, -0.25) is 0 Å². The predicted molar refractivity (Wildman–Crippen MR) is 442 cm³/mol. The maximum Gasteiger partial charge on any atom is 0.227 e. The van der Waals surface area contributed by atoms with E-state index in [0.29, 0.717) is 74.3 Å². The summed E-state index contributed by atoms with van der Waals surface area (Å²) in [6, 6.07) is 46.1. The van der Waals surface area contributed by atoms with Gasteiger partial charge < -0.3 is 17.7 Å². The maximum atomic E-state index is 9.02. The molecule has 0 radical (unpaired) electrons. The largest absolute Gasteiger partial charge is 0.437 e. The van der Waals surface area contributed by atoms with E-state index in [1.54, 1.807) is 81.0 Å². The minimum atomic E-state index is -2.46. The van der Waals surface area contributed by atoms with E-state index in [1.807, 2.05) is 155 Å². The molecule has 0 saturated heterocycles. The van der Waals surface area contributed by atoms with Crippen LogP contribution in [0.15, 0.2) is 188 Å². The van der Waals surface area contributed by atoms with Crippen LogP contribution >= 0.6 is 0 Å². The molecule has 1 aliphatic carbocycles. The first-order valence-electron chi connectivity index (χ1n) is 45.9. The molecule has 0 amide bonds. The van der Waals surface area contributed by atoms with Crippen LogP contribution in [0.3, 0.4) is 0 Å². The molecule has 550 valence electrons. The number of fused-ring (bicyclic) bond motifs is 12. The average molecular weight is 1450 g/mol. The van der Waals surface area contributed by atoms with Crippen LogP contribution in [0.5, 0.6) is 0 Å². The van der Waals surface area contributed by atoms with Crippen LogP contribution in [0.25, 0.3) is 133 Å². The minimum Gasteiger partial charge on any atom is -0.437 e. The van der Waals surface area contributed by atoms with Crippen molar-refractivity contribution in [2.45, 2.75) is 184 Å². The predicted octanol–water partition coefficient (Wildman–Crippen LogP) is 23.7. The van der Waals surface area contributed by atoms with Crippen molar-refractivity contribution in [2.75, 3.05) is 0 Å². The second-order valence-electron chi connectivity index (χ2n) is 29.2. The van der Waals surface area contributed by atoms with E-state index < -0.39 is 62.8 Å². The van der Waals surface area contributed by atoms with E-state index in [2.05, 4.69) is 69.7 Å². The van der Waals surface area contributed by atoms with E-state index in [0.717, 1.165) is 134 Å². The molecule has 108 heavy (non-hydrogen) atoms. The van der Waals surface area contributed by atoms with E-state index in [1.165, 1.54) is 26.3 Å². The number of hydrogen-bond donors (Lipinski definition) is 0. The van der Waals surface area contributed by atoms with Crippen LogP contribution in [0.4, 0.5) is 0 Å². The van der Waals surface area contributed by atoms with Gasteiger partial charge in [-0.15, -0.1) is 0 Å². The topological polar surface area (TPSA) is 120 Å². The molecule has 3 atom stereocenters. The first-order valence-corrected chi connectivity index (χ1v) is 36.9. The van der Waals surface area contributed by atoms with E-state index in [4.69, 9.17) is 42.3 Å². The number of hydrogen-bond acceptors (Lipinski definition) is 8. The van der Waals surface area contributed by atoms with Gasteiger partial charge in [-0.05, 0) is 176 Å². The SMILES string of the molecule is [2H]C(C)(C)c1ccc2c(n1)oc1c(-c3cc(C([2H])(C)C([2H])([2H])[2H])cc[n+]3C)c(C)ccc12.[2H]C([2H])([2H])C([2H])(C)c1cc[n+](C)c(-c2c(C)ccc3c2oc2nc(C)ccc23)c1.[2H]C([2H])([2H])C([2H])(C)c1cc[n+](C)c(-c2c(C)ccc3c2oc2nc(CC)ccc23)c1.[2H]C1([2H])CCCC([2H])([2H])C1([2H])c1ccc2c(n1)oc1c(-c3cc(C(C)C)cc[n+]3C)c(C)ccc12. The molecule has 1 saturated carbocycles. The van der Waals surface area contributed by atoms with Gasteiger partial charge >= 0.3 is 0 Å². The Morgan fingerprint density at radius 3 is 1.13 bits per heavy atom. The maximum absolute atomic E-state index is 9.02. The van der Waals surface area contributed by atoms with Crippen molar-refractivity contribution in [3.63, 3.8) is 0 Å². The molecule has 4 aromatic carbocycles. The molecule has 16 aromatic rings. The second kappa shape index (κ2) is 30.5. The Balaban J connectivity index is 0.000000137. The number of pyridine rings is 8. The zero-order chi connectivity index (χ0) is 92.0. The summed E-state index contributed by atoms with van der Waals surface area (Å²) in [5, 5.41) is 7.25. The van der Waals surface area contributed by atoms with Crippen molar-refractivity contribution in [2.24, 2.45) is 28.2 Å². The highest BCUT2D eigenvalue weighted by Gasteiger charge is 2.28. The Labute approximate surface area is 661 Å². The molecule has 0 aliphatic heterocycles. The summed E-state index contributed by atoms with van der Waals surface area (Å²) in [5.41, 5.74) is 20.8. The highest BCUT2D eigenvalue weighted by Crippen LogP contribution is 2.43. The molecular weight excluding hydrogens is 1330 g/mol. The summed E-state index contributed by atoms with van der Waals surface area (Å²) in [5.74, 6) is -7.78. The first kappa shape index (κ1) is 54.8. The summed E-state index contributed by atoms with van der Waals surface area (Å²) < 4.78 is 180. The third kappa shape index (κ3) is 14.3. The molecule has 0 spiro atoms. The highest BCUT2D eigenvalue weighted by molar-refractivity contribution is 6.12. The quantitative estimate of drug-likeness (QED) is 0.117. The van der Waals surface area contributed by atoms with Gasteiger partial charge in [0.05, 0.1) is 22.3 Å². The Morgan fingerprint density at radius 2 is 0.741 bits per heavy atom. The minimum absolute atomic E-state index is 0.0735. The lowest BCUT2D eigenvalue weighted by atomic mass is 9.86. The molecule has 12 heteroatoms. The number of aromatic nitrogens is 8. The first-order chi connectivity index (χ1) is 58.6. The van der Waals surface area contributed by atoms with Gasteiger partial charge in [0.15, 0.2) is 47.1 Å². The molecule has 12 nitrogen and oxygen atoms in total. The number of benzene rings is 4. The summed E-state index contributed by atoms with van der Waals surface area (Å²) in [6.07, 6.45) is 4.83. The van der Waals surface area contributed by atoms with Gasteiger partial charge in [-0.25, -0.2) is 38.2 Å². The van der Waals surface area contributed by atoms with Crippen LogP contribution in [0, 0.1) is 34.6 Å². The van der Waals surface area contributed by atoms with E-state index >= 15 is 0 Å². The molecule has 0 N–H and O–H groups in total. The zero-order valence-electron chi connectivity index (χ0n) is 82.8. The van der Waals surface area contributed by atoms with Crippen molar-refractivity contribution in [3.05, 3.63) is 238 Å². The van der Waals surface area contributed by atoms with Gasteiger partial charge in [-0.1, -0.05) is 144 Å². The molecular formula is C96H106N8O4+4. The monoisotopic (exact) mass is 1450 g/mol. The van der Waals surface area contributed by atoms with Crippen LogP contribution in [-0.2, 0) is 34.6 Å². The van der Waals surface area contributed by atoms with Crippen LogP contribution < -0.4 is 18.3 Å². The van der Waals surface area contributed by atoms with Crippen LogP contribution in [0.1, 0.15) is 235 Å². The number of furan rings is 4. The van der Waals surface area contributed by atoms with Crippen molar-refractivity contribution < 1.29 is 60.6 Å². The zero-order valence-corrected chi connectivity index (χ0v) is 64.8. The lowest BCUT2D eigenvalue weighted by Crippen LogP contribution is -2.31. The molecule has 12 heterocycles. The summed E-state index contributed by atoms with van der Waals surface area (Å²) in [7, 11) is 7.70. The summed E-state index contributed by atoms with van der Waals surface area (Å²) in [6.45, 7) is 16.8. The third-order valence-corrected chi connectivity index (χ3v) is 20.8. The Kier molecular flexibility index (Phi) is 15.5.